The van der Waals surface area contributed by atoms with E-state index in [0.717, 1.165) is 24.0 Å². The molecule has 2 saturated heterocycles. The van der Waals surface area contributed by atoms with E-state index in [1.807, 2.05) is 0 Å². The minimum Gasteiger partial charge on any atom is -0.298 e. The van der Waals surface area contributed by atoms with Gasteiger partial charge in [0.15, 0.2) is 0 Å². The molecule has 2 fully saturated rings. The Morgan fingerprint density at radius 1 is 1.19 bits per heavy atom. The van der Waals surface area contributed by atoms with Gasteiger partial charge in [-0.05, 0) is 45.6 Å². The monoisotopic (exact) mass is 224 g/mol. The maximum Gasteiger partial charge on any atom is 0.0224 e. The fourth-order valence-corrected chi connectivity index (χ4v) is 3.64. The third-order valence-corrected chi connectivity index (χ3v) is 4.36. The maximum atomic E-state index is 2.76. The highest BCUT2D eigenvalue weighted by molar-refractivity contribution is 4.92. The van der Waals surface area contributed by atoms with Crippen LogP contribution in [0.5, 0.6) is 0 Å². The van der Waals surface area contributed by atoms with Crippen LogP contribution in [0.25, 0.3) is 0 Å². The van der Waals surface area contributed by atoms with Gasteiger partial charge in [0.1, 0.15) is 0 Å². The van der Waals surface area contributed by atoms with Crippen LogP contribution in [0.1, 0.15) is 47.0 Å². The Balaban J connectivity index is 1.93. The highest BCUT2D eigenvalue weighted by Gasteiger charge is 2.35. The fourth-order valence-electron chi connectivity index (χ4n) is 3.64. The molecule has 0 aromatic carbocycles. The molecule has 0 aromatic heterocycles. The number of piperazine rings is 1. The number of rotatable bonds is 3. The molecular weight excluding hydrogens is 196 g/mol. The molecule has 0 aromatic rings. The molecule has 0 aliphatic carbocycles. The first kappa shape index (κ1) is 12.4. The van der Waals surface area contributed by atoms with E-state index in [-0.39, 0.29) is 0 Å². The van der Waals surface area contributed by atoms with Gasteiger partial charge in [0, 0.05) is 31.2 Å². The average molecular weight is 224 g/mol. The molecule has 94 valence electrons. The van der Waals surface area contributed by atoms with Crippen LogP contribution >= 0.6 is 0 Å². The number of fused-ring (bicyclic) bond motifs is 1. The summed E-state index contributed by atoms with van der Waals surface area (Å²) < 4.78 is 0. The summed E-state index contributed by atoms with van der Waals surface area (Å²) in [5.74, 6) is 0.823. The van der Waals surface area contributed by atoms with Gasteiger partial charge in [-0.3, -0.25) is 9.80 Å². The molecule has 0 bridgehead atoms. The second-order valence-electron chi connectivity index (χ2n) is 6.32. The van der Waals surface area contributed by atoms with Crippen LogP contribution in [-0.4, -0.2) is 47.6 Å². The van der Waals surface area contributed by atoms with Crippen molar-refractivity contribution in [2.45, 2.75) is 65.1 Å². The first-order chi connectivity index (χ1) is 7.58. The normalized spacial score (nSPS) is 34.3. The van der Waals surface area contributed by atoms with E-state index in [2.05, 4.69) is 37.5 Å². The molecule has 0 N–H and O–H groups in total. The highest BCUT2D eigenvalue weighted by Crippen LogP contribution is 2.27. The Hall–Kier alpha value is -0.0800. The molecule has 0 saturated carbocycles. The Labute approximate surface area is 101 Å². The lowest BCUT2D eigenvalue weighted by Gasteiger charge is -2.45. The van der Waals surface area contributed by atoms with Gasteiger partial charge < -0.3 is 0 Å². The van der Waals surface area contributed by atoms with Crippen LogP contribution in [0, 0.1) is 5.92 Å². The number of hydrogen-bond acceptors (Lipinski definition) is 2. The first-order valence-corrected chi connectivity index (χ1v) is 7.07. The van der Waals surface area contributed by atoms with Gasteiger partial charge in [0.2, 0.25) is 0 Å². The fraction of sp³-hybridized carbons (Fsp3) is 1.00. The van der Waals surface area contributed by atoms with Gasteiger partial charge in [0.25, 0.3) is 0 Å². The van der Waals surface area contributed by atoms with E-state index in [1.54, 1.807) is 0 Å². The molecule has 0 amide bonds. The molecule has 3 atom stereocenters. The Kier molecular flexibility index (Phi) is 3.91. The summed E-state index contributed by atoms with van der Waals surface area (Å²) in [5.41, 5.74) is 0. The molecule has 2 nitrogen and oxygen atoms in total. The first-order valence-electron chi connectivity index (χ1n) is 7.07. The van der Waals surface area contributed by atoms with Crippen molar-refractivity contribution in [1.29, 1.82) is 0 Å². The SMILES string of the molecule is CC(C)CC(C)N1CC2CCCN2CC1C. The van der Waals surface area contributed by atoms with Crippen molar-refractivity contribution in [1.82, 2.24) is 9.80 Å². The van der Waals surface area contributed by atoms with Gasteiger partial charge in [-0.2, -0.15) is 0 Å². The summed E-state index contributed by atoms with van der Waals surface area (Å²) in [4.78, 5) is 5.47. The minimum atomic E-state index is 0.753. The smallest absolute Gasteiger partial charge is 0.0224 e. The van der Waals surface area contributed by atoms with Gasteiger partial charge in [0.05, 0.1) is 0 Å². The Morgan fingerprint density at radius 3 is 2.62 bits per heavy atom. The van der Waals surface area contributed by atoms with Crippen molar-refractivity contribution in [2.24, 2.45) is 5.92 Å². The highest BCUT2D eigenvalue weighted by atomic mass is 15.3. The molecule has 16 heavy (non-hydrogen) atoms. The number of hydrogen-bond donors (Lipinski definition) is 0. The van der Waals surface area contributed by atoms with Crippen molar-refractivity contribution in [2.75, 3.05) is 19.6 Å². The predicted molar refractivity (Wildman–Crippen MR) is 69.7 cm³/mol. The molecule has 3 unspecified atom stereocenters. The van der Waals surface area contributed by atoms with Crippen LogP contribution in [0.4, 0.5) is 0 Å². The van der Waals surface area contributed by atoms with Gasteiger partial charge in [-0.15, -0.1) is 0 Å². The lowest BCUT2D eigenvalue weighted by atomic mass is 9.99. The molecule has 0 spiro atoms. The average Bonchev–Trinajstić information content (AvgIpc) is 2.61. The summed E-state index contributed by atoms with van der Waals surface area (Å²) in [6.07, 6.45) is 4.19. The Bertz CT molecular complexity index is 227. The maximum absolute atomic E-state index is 2.76. The molecule has 2 heterocycles. The third kappa shape index (κ3) is 2.60. The molecule has 2 rings (SSSR count). The van der Waals surface area contributed by atoms with Gasteiger partial charge in [-0.25, -0.2) is 0 Å². The van der Waals surface area contributed by atoms with Gasteiger partial charge in [-0.1, -0.05) is 13.8 Å². The van der Waals surface area contributed by atoms with Crippen LogP contribution in [0.3, 0.4) is 0 Å². The zero-order chi connectivity index (χ0) is 11.7. The largest absolute Gasteiger partial charge is 0.298 e. The van der Waals surface area contributed by atoms with E-state index >= 15 is 0 Å². The molecule has 0 radical (unpaired) electrons. The lowest BCUT2D eigenvalue weighted by Crippen LogP contribution is -2.57. The molecular formula is C14H28N2. The quantitative estimate of drug-likeness (QED) is 0.727. The van der Waals surface area contributed by atoms with Crippen molar-refractivity contribution in [3.05, 3.63) is 0 Å². The zero-order valence-corrected chi connectivity index (χ0v) is 11.4. The molecule has 2 aliphatic heterocycles. The van der Waals surface area contributed by atoms with E-state index in [1.165, 1.54) is 38.9 Å². The summed E-state index contributed by atoms with van der Waals surface area (Å²) in [6.45, 7) is 13.5. The lowest BCUT2D eigenvalue weighted by molar-refractivity contribution is 0.0272. The van der Waals surface area contributed by atoms with Crippen molar-refractivity contribution in [3.63, 3.8) is 0 Å². The van der Waals surface area contributed by atoms with Gasteiger partial charge >= 0.3 is 0 Å². The second-order valence-corrected chi connectivity index (χ2v) is 6.32. The topological polar surface area (TPSA) is 6.48 Å². The predicted octanol–water partition coefficient (Wildman–Crippen LogP) is 2.59. The van der Waals surface area contributed by atoms with Crippen LogP contribution in [-0.2, 0) is 0 Å². The van der Waals surface area contributed by atoms with E-state index in [0.29, 0.717) is 0 Å². The zero-order valence-electron chi connectivity index (χ0n) is 11.4. The molecule has 2 heteroatoms. The van der Waals surface area contributed by atoms with E-state index < -0.39 is 0 Å². The van der Waals surface area contributed by atoms with Crippen LogP contribution in [0.2, 0.25) is 0 Å². The van der Waals surface area contributed by atoms with E-state index in [9.17, 15) is 0 Å². The van der Waals surface area contributed by atoms with Crippen LogP contribution in [0.15, 0.2) is 0 Å². The van der Waals surface area contributed by atoms with E-state index in [4.69, 9.17) is 0 Å². The standard InChI is InChI=1S/C14H28N2/c1-11(2)8-12(3)16-10-14-6-5-7-15(14)9-13(16)4/h11-14H,5-10H2,1-4H3. The summed E-state index contributed by atoms with van der Waals surface area (Å²) in [6, 6.07) is 2.38. The molecule has 2 aliphatic rings. The van der Waals surface area contributed by atoms with Crippen molar-refractivity contribution >= 4 is 0 Å². The summed E-state index contributed by atoms with van der Waals surface area (Å²) in [5, 5.41) is 0. The minimum absolute atomic E-state index is 0.753. The van der Waals surface area contributed by atoms with Crippen molar-refractivity contribution in [3.8, 4) is 0 Å². The van der Waals surface area contributed by atoms with Crippen LogP contribution < -0.4 is 0 Å². The van der Waals surface area contributed by atoms with Crippen molar-refractivity contribution < 1.29 is 0 Å². The number of nitrogens with zero attached hydrogens (tertiary/aromatic N) is 2. The third-order valence-electron chi connectivity index (χ3n) is 4.36. The Morgan fingerprint density at radius 2 is 1.94 bits per heavy atom. The summed E-state index contributed by atoms with van der Waals surface area (Å²) in [7, 11) is 0. The summed E-state index contributed by atoms with van der Waals surface area (Å²) >= 11 is 0. The second kappa shape index (κ2) is 5.05.